The predicted octanol–water partition coefficient (Wildman–Crippen LogP) is 2.15. The van der Waals surface area contributed by atoms with Gasteiger partial charge in [-0.3, -0.25) is 15.4 Å². The number of benzene rings is 1. The van der Waals surface area contributed by atoms with Crippen LogP contribution >= 0.6 is 11.3 Å². The first-order valence-electron chi connectivity index (χ1n) is 9.15. The van der Waals surface area contributed by atoms with E-state index in [2.05, 4.69) is 20.9 Å². The summed E-state index contributed by atoms with van der Waals surface area (Å²) in [6.07, 6.45) is 1.94. The fourth-order valence-corrected chi connectivity index (χ4v) is 4.43. The van der Waals surface area contributed by atoms with Crippen LogP contribution < -0.4 is 20.7 Å². The molecule has 1 saturated heterocycles. The molecule has 4 rings (SSSR count). The van der Waals surface area contributed by atoms with E-state index in [1.54, 1.807) is 11.3 Å². The number of rotatable bonds is 7. The highest BCUT2D eigenvalue weighted by atomic mass is 32.1. The minimum atomic E-state index is -0.724. The van der Waals surface area contributed by atoms with Crippen LogP contribution in [0.25, 0.3) is 0 Å². The summed E-state index contributed by atoms with van der Waals surface area (Å²) in [5, 5.41) is 12.3. The van der Waals surface area contributed by atoms with Gasteiger partial charge in [0.2, 0.25) is 5.91 Å². The maximum absolute atomic E-state index is 14.5. The quantitative estimate of drug-likeness (QED) is 0.612. The molecule has 1 aromatic heterocycles. The first kappa shape index (κ1) is 19.2. The molecule has 9 heteroatoms. The van der Waals surface area contributed by atoms with Crippen LogP contribution in [-0.2, 0) is 10.3 Å². The molecule has 3 N–H and O–H groups in total. The Morgan fingerprint density at radius 1 is 1.36 bits per heavy atom. The molecule has 1 aliphatic heterocycles. The zero-order chi connectivity index (χ0) is 19.9. The first-order chi connectivity index (χ1) is 13.4. The molecule has 1 saturated carbocycles. The number of amides is 1. The van der Waals surface area contributed by atoms with Gasteiger partial charge in [0.1, 0.15) is 17.4 Å². The number of nitrogens with one attached hydrogen (secondary N) is 3. The highest BCUT2D eigenvalue weighted by Gasteiger charge is 2.46. The van der Waals surface area contributed by atoms with E-state index in [9.17, 15) is 13.6 Å². The Balaban J connectivity index is 1.46. The van der Waals surface area contributed by atoms with Gasteiger partial charge < -0.3 is 10.1 Å². The molecular formula is C19H22F2N4O2S. The van der Waals surface area contributed by atoms with Crippen LogP contribution in [0.4, 0.5) is 8.78 Å². The van der Waals surface area contributed by atoms with Gasteiger partial charge in [-0.25, -0.2) is 13.8 Å². The second-order valence-corrected chi connectivity index (χ2v) is 8.29. The number of hydrogen-bond acceptors (Lipinski definition) is 6. The van der Waals surface area contributed by atoms with Crippen LogP contribution in [0.15, 0.2) is 17.5 Å². The first-order valence-corrected chi connectivity index (χ1v) is 10.0. The Morgan fingerprint density at radius 2 is 2.07 bits per heavy atom. The molecule has 150 valence electrons. The van der Waals surface area contributed by atoms with Crippen molar-refractivity contribution in [3.05, 3.63) is 45.4 Å². The molecule has 0 bridgehead atoms. The SMILES string of the molecule is COc1cc(F)c([C@@H]2CNC(=O)[C@H]2NCNC2(c3csc(C)n3)CC2)c(F)c1. The third kappa shape index (κ3) is 3.49. The Hall–Kier alpha value is -2.10. The molecule has 1 aromatic carbocycles. The van der Waals surface area contributed by atoms with Crippen LogP contribution in [0, 0.1) is 18.6 Å². The topological polar surface area (TPSA) is 75.3 Å². The third-order valence-corrected chi connectivity index (χ3v) is 6.22. The summed E-state index contributed by atoms with van der Waals surface area (Å²) >= 11 is 1.61. The lowest BCUT2D eigenvalue weighted by Gasteiger charge is -2.22. The van der Waals surface area contributed by atoms with E-state index in [1.165, 1.54) is 7.11 Å². The van der Waals surface area contributed by atoms with Crippen LogP contribution in [0.3, 0.4) is 0 Å². The van der Waals surface area contributed by atoms with Crippen molar-refractivity contribution in [2.24, 2.45) is 0 Å². The number of methoxy groups -OCH3 is 1. The Kier molecular flexibility index (Phi) is 5.07. The minimum absolute atomic E-state index is 0.104. The van der Waals surface area contributed by atoms with Gasteiger partial charge in [-0.2, -0.15) is 0 Å². The molecule has 2 atom stereocenters. The maximum Gasteiger partial charge on any atom is 0.237 e. The summed E-state index contributed by atoms with van der Waals surface area (Å²) in [6, 6.07) is 1.55. The molecule has 1 aliphatic carbocycles. The molecule has 2 fully saturated rings. The summed E-state index contributed by atoms with van der Waals surface area (Å²) in [5.74, 6) is -2.23. The van der Waals surface area contributed by atoms with Crippen molar-refractivity contribution >= 4 is 17.2 Å². The minimum Gasteiger partial charge on any atom is -0.497 e. The molecule has 0 spiro atoms. The van der Waals surface area contributed by atoms with E-state index in [4.69, 9.17) is 4.74 Å². The average Bonchev–Trinajstić information content (AvgIpc) is 3.18. The predicted molar refractivity (Wildman–Crippen MR) is 101 cm³/mol. The summed E-state index contributed by atoms with van der Waals surface area (Å²) in [6.45, 7) is 2.48. The van der Waals surface area contributed by atoms with Crippen molar-refractivity contribution in [2.75, 3.05) is 20.3 Å². The van der Waals surface area contributed by atoms with Crippen LogP contribution in [0.2, 0.25) is 0 Å². The summed E-state index contributed by atoms with van der Waals surface area (Å²) in [7, 11) is 1.35. The summed E-state index contributed by atoms with van der Waals surface area (Å²) in [5.41, 5.74) is 0.739. The third-order valence-electron chi connectivity index (χ3n) is 5.45. The second-order valence-electron chi connectivity index (χ2n) is 7.23. The van der Waals surface area contributed by atoms with Crippen molar-refractivity contribution in [2.45, 2.75) is 37.3 Å². The maximum atomic E-state index is 14.5. The second kappa shape index (κ2) is 7.38. The lowest BCUT2D eigenvalue weighted by molar-refractivity contribution is -0.121. The van der Waals surface area contributed by atoms with Crippen LogP contribution in [0.1, 0.15) is 35.0 Å². The average molecular weight is 408 g/mol. The molecule has 0 radical (unpaired) electrons. The standard InChI is InChI=1S/C19H22F2N4O2S/c1-10-25-15(8-28-10)19(3-4-19)24-9-23-17-12(7-22-18(17)26)16-13(20)5-11(27-2)6-14(16)21/h5-6,8,12,17,23-24H,3-4,7,9H2,1-2H3,(H,22,26)/t12-,17-/m0/s1. The van der Waals surface area contributed by atoms with Gasteiger partial charge in [-0.05, 0) is 19.8 Å². The van der Waals surface area contributed by atoms with Crippen molar-refractivity contribution in [3.63, 3.8) is 0 Å². The normalized spacial score (nSPS) is 22.9. The molecule has 1 amide bonds. The molecule has 28 heavy (non-hydrogen) atoms. The number of aromatic nitrogens is 1. The fourth-order valence-electron chi connectivity index (χ4n) is 3.72. The van der Waals surface area contributed by atoms with Crippen molar-refractivity contribution in [1.82, 2.24) is 20.9 Å². The number of halogens is 2. The molecule has 0 unspecified atom stereocenters. The number of thiazole rings is 1. The smallest absolute Gasteiger partial charge is 0.237 e. The van der Waals surface area contributed by atoms with Gasteiger partial charge >= 0.3 is 0 Å². The fraction of sp³-hybridized carbons (Fsp3) is 0.474. The zero-order valence-electron chi connectivity index (χ0n) is 15.6. The lowest BCUT2D eigenvalue weighted by Crippen LogP contribution is -2.46. The van der Waals surface area contributed by atoms with Gasteiger partial charge in [-0.15, -0.1) is 11.3 Å². The zero-order valence-corrected chi connectivity index (χ0v) is 16.5. The van der Waals surface area contributed by atoms with Crippen molar-refractivity contribution in [1.29, 1.82) is 0 Å². The Bertz CT molecular complexity index is 877. The molecule has 2 aliphatic rings. The molecular weight excluding hydrogens is 386 g/mol. The number of nitrogens with zero attached hydrogens (tertiary/aromatic N) is 1. The number of carbonyl (C=O) groups is 1. The number of aryl methyl sites for hydroxylation is 1. The summed E-state index contributed by atoms with van der Waals surface area (Å²) in [4.78, 5) is 16.8. The number of hydrogen-bond donors (Lipinski definition) is 3. The van der Waals surface area contributed by atoms with E-state index < -0.39 is 23.6 Å². The Labute approximate surface area is 165 Å². The Morgan fingerprint density at radius 3 is 2.64 bits per heavy atom. The molecule has 6 nitrogen and oxygen atoms in total. The van der Waals surface area contributed by atoms with Gasteiger partial charge in [-0.1, -0.05) is 0 Å². The van der Waals surface area contributed by atoms with Gasteiger partial charge in [0.15, 0.2) is 0 Å². The van der Waals surface area contributed by atoms with Crippen molar-refractivity contribution in [3.8, 4) is 5.75 Å². The number of ether oxygens (including phenoxy) is 1. The van der Waals surface area contributed by atoms with Crippen molar-refractivity contribution < 1.29 is 18.3 Å². The molecule has 2 aromatic rings. The van der Waals surface area contributed by atoms with E-state index in [0.717, 1.165) is 35.7 Å². The van der Waals surface area contributed by atoms with Gasteiger partial charge in [0, 0.05) is 42.2 Å². The number of carbonyl (C=O) groups excluding carboxylic acids is 1. The largest absolute Gasteiger partial charge is 0.497 e. The van der Waals surface area contributed by atoms with E-state index in [1.807, 2.05) is 12.3 Å². The highest BCUT2D eigenvalue weighted by molar-refractivity contribution is 7.09. The monoisotopic (exact) mass is 408 g/mol. The van der Waals surface area contributed by atoms with Crippen LogP contribution in [-0.4, -0.2) is 37.3 Å². The summed E-state index contributed by atoms with van der Waals surface area (Å²) < 4.78 is 33.9. The van der Waals surface area contributed by atoms with E-state index in [0.29, 0.717) is 6.67 Å². The lowest BCUT2D eigenvalue weighted by atomic mass is 9.93. The highest BCUT2D eigenvalue weighted by Crippen LogP contribution is 2.45. The van der Waals surface area contributed by atoms with E-state index in [-0.39, 0.29) is 29.3 Å². The van der Waals surface area contributed by atoms with E-state index >= 15 is 0 Å². The molecule has 2 heterocycles. The van der Waals surface area contributed by atoms with Gasteiger partial charge in [0.25, 0.3) is 0 Å². The van der Waals surface area contributed by atoms with Gasteiger partial charge in [0.05, 0.1) is 29.4 Å². The van der Waals surface area contributed by atoms with Crippen LogP contribution in [0.5, 0.6) is 5.75 Å².